The van der Waals surface area contributed by atoms with Crippen LogP contribution in [0.2, 0.25) is 0 Å². The Morgan fingerprint density at radius 3 is 2.41 bits per heavy atom. The van der Waals surface area contributed by atoms with Crippen molar-refractivity contribution in [3.05, 3.63) is 65.9 Å². The predicted molar refractivity (Wildman–Crippen MR) is 92.7 cm³/mol. The SMILES string of the molecule is O=C(Nc1cccc2cccnc12)c1cc(C(F)(F)F)ccc1OCC(F)(F)F. The van der Waals surface area contributed by atoms with E-state index in [1.807, 2.05) is 0 Å². The highest BCUT2D eigenvalue weighted by molar-refractivity contribution is 6.09. The average Bonchev–Trinajstić information content (AvgIpc) is 2.65. The molecule has 2 aromatic carbocycles. The number of hydrogen-bond acceptors (Lipinski definition) is 3. The minimum atomic E-state index is -4.79. The molecule has 4 nitrogen and oxygen atoms in total. The highest BCUT2D eigenvalue weighted by atomic mass is 19.4. The molecule has 1 heterocycles. The van der Waals surface area contributed by atoms with E-state index in [0.717, 1.165) is 0 Å². The fourth-order valence-corrected chi connectivity index (χ4v) is 2.56. The molecule has 0 aliphatic heterocycles. The number of ether oxygens (including phenoxy) is 1. The average molecular weight is 414 g/mol. The largest absolute Gasteiger partial charge is 0.483 e. The van der Waals surface area contributed by atoms with E-state index in [0.29, 0.717) is 29.1 Å². The molecular formula is C19H12F6N2O2. The van der Waals surface area contributed by atoms with Gasteiger partial charge in [-0.3, -0.25) is 9.78 Å². The van der Waals surface area contributed by atoms with Crippen molar-refractivity contribution in [1.29, 1.82) is 0 Å². The Morgan fingerprint density at radius 1 is 1.00 bits per heavy atom. The van der Waals surface area contributed by atoms with Crippen LogP contribution in [0.25, 0.3) is 10.9 Å². The van der Waals surface area contributed by atoms with Crippen molar-refractivity contribution >= 4 is 22.5 Å². The Kier molecular flexibility index (Phi) is 5.36. The van der Waals surface area contributed by atoms with Gasteiger partial charge in [0.2, 0.25) is 0 Å². The number of nitrogens with one attached hydrogen (secondary N) is 1. The number of alkyl halides is 6. The molecule has 0 saturated carbocycles. The van der Waals surface area contributed by atoms with E-state index in [9.17, 15) is 31.1 Å². The number of carbonyl (C=O) groups is 1. The maximum Gasteiger partial charge on any atom is 0.422 e. The van der Waals surface area contributed by atoms with Gasteiger partial charge in [-0.25, -0.2) is 0 Å². The van der Waals surface area contributed by atoms with Crippen molar-refractivity contribution in [3.8, 4) is 5.75 Å². The molecule has 29 heavy (non-hydrogen) atoms. The van der Waals surface area contributed by atoms with Gasteiger partial charge < -0.3 is 10.1 Å². The minimum absolute atomic E-state index is 0.187. The second kappa shape index (κ2) is 7.61. The summed E-state index contributed by atoms with van der Waals surface area (Å²) in [5.41, 5.74) is -1.32. The van der Waals surface area contributed by atoms with Crippen molar-refractivity contribution in [2.45, 2.75) is 12.4 Å². The fraction of sp³-hybridized carbons (Fsp3) is 0.158. The summed E-state index contributed by atoms with van der Waals surface area (Å²) in [6, 6.07) is 9.81. The van der Waals surface area contributed by atoms with Crippen LogP contribution in [-0.2, 0) is 6.18 Å². The van der Waals surface area contributed by atoms with E-state index in [-0.39, 0.29) is 5.69 Å². The zero-order valence-corrected chi connectivity index (χ0v) is 14.4. The highest BCUT2D eigenvalue weighted by Crippen LogP contribution is 2.34. The number of halogens is 6. The first-order valence-corrected chi connectivity index (χ1v) is 8.10. The molecule has 1 amide bonds. The third kappa shape index (κ3) is 4.95. The molecule has 10 heteroatoms. The molecule has 3 rings (SSSR count). The molecule has 0 radical (unpaired) electrons. The number of aromatic nitrogens is 1. The normalized spacial score (nSPS) is 12.1. The van der Waals surface area contributed by atoms with Crippen LogP contribution in [0.15, 0.2) is 54.7 Å². The fourth-order valence-electron chi connectivity index (χ4n) is 2.56. The molecule has 0 fully saturated rings. The van der Waals surface area contributed by atoms with Gasteiger partial charge in [0.15, 0.2) is 6.61 Å². The van der Waals surface area contributed by atoms with Gasteiger partial charge in [-0.1, -0.05) is 18.2 Å². The molecule has 0 spiro atoms. The molecular weight excluding hydrogens is 402 g/mol. The smallest absolute Gasteiger partial charge is 0.422 e. The van der Waals surface area contributed by atoms with Crippen LogP contribution in [0.1, 0.15) is 15.9 Å². The summed E-state index contributed by atoms with van der Waals surface area (Å²) in [4.78, 5) is 16.7. The lowest BCUT2D eigenvalue weighted by atomic mass is 10.1. The van der Waals surface area contributed by atoms with Crippen LogP contribution in [0.3, 0.4) is 0 Å². The molecule has 0 aliphatic carbocycles. The summed E-state index contributed by atoms with van der Waals surface area (Å²) in [5.74, 6) is -1.69. The third-order valence-electron chi connectivity index (χ3n) is 3.82. The standard InChI is InChI=1S/C19H12F6N2O2/c20-18(21,22)10-29-15-7-6-12(19(23,24)25)9-13(15)17(28)27-14-5-1-3-11-4-2-8-26-16(11)14/h1-9H,10H2,(H,27,28). The number of pyridine rings is 1. The Hall–Kier alpha value is -3.30. The monoisotopic (exact) mass is 414 g/mol. The van der Waals surface area contributed by atoms with Gasteiger partial charge in [-0.05, 0) is 30.3 Å². The number of nitrogens with zero attached hydrogens (tertiary/aromatic N) is 1. The van der Waals surface area contributed by atoms with Gasteiger partial charge in [-0.2, -0.15) is 26.3 Å². The molecule has 0 aliphatic rings. The number of benzene rings is 2. The molecule has 1 N–H and O–H groups in total. The van der Waals surface area contributed by atoms with E-state index in [4.69, 9.17) is 0 Å². The predicted octanol–water partition coefficient (Wildman–Crippen LogP) is 5.45. The van der Waals surface area contributed by atoms with Crippen LogP contribution in [0, 0.1) is 0 Å². The molecule has 152 valence electrons. The summed E-state index contributed by atoms with van der Waals surface area (Å²) in [5, 5.41) is 3.04. The van der Waals surface area contributed by atoms with Gasteiger partial charge in [0.05, 0.1) is 22.3 Å². The summed E-state index contributed by atoms with van der Waals surface area (Å²) >= 11 is 0. The summed E-state index contributed by atoms with van der Waals surface area (Å²) in [6.07, 6.45) is -8.06. The maximum absolute atomic E-state index is 13.0. The number of carbonyl (C=O) groups excluding carboxylic acids is 1. The van der Waals surface area contributed by atoms with E-state index < -0.39 is 41.7 Å². The first kappa shape index (κ1) is 20.4. The van der Waals surface area contributed by atoms with Crippen LogP contribution in [-0.4, -0.2) is 23.7 Å². The lowest BCUT2D eigenvalue weighted by molar-refractivity contribution is -0.153. The number of para-hydroxylation sites is 1. The summed E-state index contributed by atoms with van der Waals surface area (Å²) < 4.78 is 80.9. The highest BCUT2D eigenvalue weighted by Gasteiger charge is 2.33. The Labute approximate surface area is 160 Å². The topological polar surface area (TPSA) is 51.2 Å². The first-order valence-electron chi connectivity index (χ1n) is 8.10. The zero-order chi connectivity index (χ0) is 21.2. The maximum atomic E-state index is 13.0. The van der Waals surface area contributed by atoms with Gasteiger partial charge in [0, 0.05) is 11.6 Å². The molecule has 1 aromatic heterocycles. The third-order valence-corrected chi connectivity index (χ3v) is 3.82. The van der Waals surface area contributed by atoms with E-state index in [2.05, 4.69) is 15.0 Å². The molecule has 0 atom stereocenters. The molecule has 0 unspecified atom stereocenters. The number of hydrogen-bond donors (Lipinski definition) is 1. The minimum Gasteiger partial charge on any atom is -0.483 e. The van der Waals surface area contributed by atoms with Crippen LogP contribution < -0.4 is 10.1 Å². The molecule has 0 bridgehead atoms. The first-order chi connectivity index (χ1) is 13.5. The van der Waals surface area contributed by atoms with Crippen molar-refractivity contribution in [2.24, 2.45) is 0 Å². The Bertz CT molecular complexity index is 1040. The number of amides is 1. The van der Waals surface area contributed by atoms with E-state index in [1.165, 1.54) is 12.3 Å². The van der Waals surface area contributed by atoms with Crippen LogP contribution in [0.5, 0.6) is 5.75 Å². The zero-order valence-electron chi connectivity index (χ0n) is 14.4. The number of fused-ring (bicyclic) bond motifs is 1. The van der Waals surface area contributed by atoms with Crippen molar-refractivity contribution in [2.75, 3.05) is 11.9 Å². The van der Waals surface area contributed by atoms with Crippen molar-refractivity contribution in [1.82, 2.24) is 4.98 Å². The summed E-state index contributed by atoms with van der Waals surface area (Å²) in [7, 11) is 0. The van der Waals surface area contributed by atoms with Crippen molar-refractivity contribution < 1.29 is 35.9 Å². The Morgan fingerprint density at radius 2 is 1.72 bits per heavy atom. The van der Waals surface area contributed by atoms with Crippen LogP contribution in [0.4, 0.5) is 32.0 Å². The molecule has 0 saturated heterocycles. The number of rotatable bonds is 4. The van der Waals surface area contributed by atoms with Crippen LogP contribution >= 0.6 is 0 Å². The van der Waals surface area contributed by atoms with Crippen molar-refractivity contribution in [3.63, 3.8) is 0 Å². The quantitative estimate of drug-likeness (QED) is 0.578. The number of anilines is 1. The van der Waals surface area contributed by atoms with E-state index >= 15 is 0 Å². The van der Waals surface area contributed by atoms with Gasteiger partial charge in [-0.15, -0.1) is 0 Å². The molecule has 3 aromatic rings. The van der Waals surface area contributed by atoms with Gasteiger partial charge in [0.1, 0.15) is 5.75 Å². The summed E-state index contributed by atoms with van der Waals surface area (Å²) in [6.45, 7) is -1.76. The lowest BCUT2D eigenvalue weighted by Gasteiger charge is -2.16. The second-order valence-corrected chi connectivity index (χ2v) is 5.95. The Balaban J connectivity index is 1.98. The lowest BCUT2D eigenvalue weighted by Crippen LogP contribution is -2.22. The van der Waals surface area contributed by atoms with Gasteiger partial charge >= 0.3 is 12.4 Å². The van der Waals surface area contributed by atoms with E-state index in [1.54, 1.807) is 24.3 Å². The van der Waals surface area contributed by atoms with Gasteiger partial charge in [0.25, 0.3) is 5.91 Å². The second-order valence-electron chi connectivity index (χ2n) is 5.95.